The SMILES string of the molecule is CCC(Nc1cccc(OCC#N)c1)c1cccc(Cl)c1. The highest BCUT2D eigenvalue weighted by atomic mass is 35.5. The number of nitriles is 1. The minimum Gasteiger partial charge on any atom is -0.479 e. The molecule has 2 aromatic carbocycles. The second kappa shape index (κ2) is 7.56. The van der Waals surface area contributed by atoms with E-state index in [1.165, 1.54) is 0 Å². The van der Waals surface area contributed by atoms with Crippen LogP contribution in [0.3, 0.4) is 0 Å². The zero-order chi connectivity index (χ0) is 15.1. The normalized spacial score (nSPS) is 11.5. The van der Waals surface area contributed by atoms with E-state index in [4.69, 9.17) is 21.6 Å². The predicted octanol–water partition coefficient (Wildman–Crippen LogP) is 4.81. The Hall–Kier alpha value is -2.18. The number of ether oxygens (including phenoxy) is 1. The van der Waals surface area contributed by atoms with Crippen molar-refractivity contribution in [2.24, 2.45) is 0 Å². The average Bonchev–Trinajstić information content (AvgIpc) is 2.51. The summed E-state index contributed by atoms with van der Waals surface area (Å²) in [7, 11) is 0. The monoisotopic (exact) mass is 300 g/mol. The predicted molar refractivity (Wildman–Crippen MR) is 85.7 cm³/mol. The van der Waals surface area contributed by atoms with Crippen LogP contribution >= 0.6 is 11.6 Å². The fourth-order valence-electron chi connectivity index (χ4n) is 2.14. The topological polar surface area (TPSA) is 45.0 Å². The Labute approximate surface area is 130 Å². The number of nitrogens with one attached hydrogen (secondary N) is 1. The minimum atomic E-state index is 0.0505. The third-order valence-electron chi connectivity index (χ3n) is 3.14. The van der Waals surface area contributed by atoms with Gasteiger partial charge in [0.25, 0.3) is 0 Å². The lowest BCUT2D eigenvalue weighted by molar-refractivity contribution is 0.368. The van der Waals surface area contributed by atoms with E-state index in [0.29, 0.717) is 5.75 Å². The molecule has 21 heavy (non-hydrogen) atoms. The standard InChI is InChI=1S/C17H17ClN2O/c1-2-17(13-5-3-6-14(18)11-13)20-15-7-4-8-16(12-15)21-10-9-19/h3-8,11-12,17,20H,2,10H2,1H3. The van der Waals surface area contributed by atoms with Crippen molar-refractivity contribution in [2.45, 2.75) is 19.4 Å². The van der Waals surface area contributed by atoms with E-state index in [1.807, 2.05) is 48.5 Å². The van der Waals surface area contributed by atoms with Crippen molar-refractivity contribution in [3.8, 4) is 11.8 Å². The number of hydrogen-bond donors (Lipinski definition) is 1. The van der Waals surface area contributed by atoms with Gasteiger partial charge in [0.2, 0.25) is 0 Å². The van der Waals surface area contributed by atoms with Crippen LogP contribution in [0.15, 0.2) is 48.5 Å². The van der Waals surface area contributed by atoms with Crippen LogP contribution in [0, 0.1) is 11.3 Å². The maximum absolute atomic E-state index is 8.55. The lowest BCUT2D eigenvalue weighted by Gasteiger charge is -2.19. The fourth-order valence-corrected chi connectivity index (χ4v) is 2.34. The molecule has 0 spiro atoms. The van der Waals surface area contributed by atoms with Gasteiger partial charge >= 0.3 is 0 Å². The Balaban J connectivity index is 2.13. The Kier molecular flexibility index (Phi) is 5.48. The molecule has 0 radical (unpaired) electrons. The Bertz CT molecular complexity index is 637. The van der Waals surface area contributed by atoms with E-state index in [2.05, 4.69) is 18.3 Å². The van der Waals surface area contributed by atoms with Crippen LogP contribution in [-0.4, -0.2) is 6.61 Å². The summed E-state index contributed by atoms with van der Waals surface area (Å²) in [6, 6.07) is 17.6. The van der Waals surface area contributed by atoms with Gasteiger partial charge in [-0.2, -0.15) is 5.26 Å². The molecule has 2 aromatic rings. The number of anilines is 1. The van der Waals surface area contributed by atoms with E-state index in [0.717, 1.165) is 22.7 Å². The highest BCUT2D eigenvalue weighted by Gasteiger charge is 2.10. The van der Waals surface area contributed by atoms with Gasteiger partial charge in [0, 0.05) is 16.8 Å². The van der Waals surface area contributed by atoms with Crippen LogP contribution in [0.5, 0.6) is 5.75 Å². The third-order valence-corrected chi connectivity index (χ3v) is 3.37. The smallest absolute Gasteiger partial charge is 0.174 e. The molecular formula is C17H17ClN2O. The molecule has 1 N–H and O–H groups in total. The second-order valence-corrected chi connectivity index (χ2v) is 5.07. The molecule has 2 rings (SSSR count). The van der Waals surface area contributed by atoms with Crippen LogP contribution in [0.25, 0.3) is 0 Å². The summed E-state index contributed by atoms with van der Waals surface area (Å²) >= 11 is 6.05. The molecule has 0 heterocycles. The first-order valence-electron chi connectivity index (χ1n) is 6.84. The largest absolute Gasteiger partial charge is 0.479 e. The number of nitrogens with zero attached hydrogens (tertiary/aromatic N) is 1. The maximum Gasteiger partial charge on any atom is 0.174 e. The highest BCUT2D eigenvalue weighted by molar-refractivity contribution is 6.30. The van der Waals surface area contributed by atoms with E-state index in [-0.39, 0.29) is 12.6 Å². The third kappa shape index (κ3) is 4.40. The summed E-state index contributed by atoms with van der Waals surface area (Å²) < 4.78 is 5.31. The van der Waals surface area contributed by atoms with Gasteiger partial charge < -0.3 is 10.1 Å². The van der Waals surface area contributed by atoms with E-state index < -0.39 is 0 Å². The quantitative estimate of drug-likeness (QED) is 0.833. The van der Waals surface area contributed by atoms with Gasteiger partial charge in [0.1, 0.15) is 11.8 Å². The summed E-state index contributed by atoms with van der Waals surface area (Å²) in [4.78, 5) is 0. The molecule has 108 valence electrons. The molecule has 1 unspecified atom stereocenters. The van der Waals surface area contributed by atoms with Crippen LogP contribution in [0.2, 0.25) is 5.02 Å². The van der Waals surface area contributed by atoms with Gasteiger partial charge in [-0.25, -0.2) is 0 Å². The van der Waals surface area contributed by atoms with Crippen molar-refractivity contribution in [1.82, 2.24) is 0 Å². The van der Waals surface area contributed by atoms with E-state index >= 15 is 0 Å². The molecule has 4 heteroatoms. The summed E-state index contributed by atoms with van der Waals surface area (Å²) in [5.41, 5.74) is 2.10. The molecule has 0 aliphatic heterocycles. The molecule has 0 aliphatic rings. The first-order valence-corrected chi connectivity index (χ1v) is 7.22. The first kappa shape index (κ1) is 15.2. The van der Waals surface area contributed by atoms with Crippen LogP contribution < -0.4 is 10.1 Å². The van der Waals surface area contributed by atoms with Gasteiger partial charge in [-0.3, -0.25) is 0 Å². The molecule has 0 saturated heterocycles. The average molecular weight is 301 g/mol. The molecule has 0 aromatic heterocycles. The summed E-state index contributed by atoms with van der Waals surface area (Å²) in [5.74, 6) is 0.683. The van der Waals surface area contributed by atoms with Crippen LogP contribution in [-0.2, 0) is 0 Å². The van der Waals surface area contributed by atoms with Gasteiger partial charge in [0.05, 0.1) is 6.04 Å². The van der Waals surface area contributed by atoms with Crippen LogP contribution in [0.1, 0.15) is 24.9 Å². The minimum absolute atomic E-state index is 0.0505. The molecule has 0 saturated carbocycles. The van der Waals surface area contributed by atoms with E-state index in [1.54, 1.807) is 0 Å². The first-order chi connectivity index (χ1) is 10.2. The van der Waals surface area contributed by atoms with Crippen molar-refractivity contribution in [3.05, 3.63) is 59.1 Å². The Morgan fingerprint density at radius 3 is 2.76 bits per heavy atom. The van der Waals surface area contributed by atoms with Gasteiger partial charge in [-0.1, -0.05) is 36.7 Å². The van der Waals surface area contributed by atoms with E-state index in [9.17, 15) is 0 Å². The zero-order valence-corrected chi connectivity index (χ0v) is 12.6. The van der Waals surface area contributed by atoms with Gasteiger partial charge in [-0.15, -0.1) is 0 Å². The van der Waals surface area contributed by atoms with Crippen molar-refractivity contribution in [3.63, 3.8) is 0 Å². The second-order valence-electron chi connectivity index (χ2n) is 4.63. The molecule has 1 atom stereocenters. The molecule has 0 fully saturated rings. The maximum atomic E-state index is 8.55. The molecule has 3 nitrogen and oxygen atoms in total. The Morgan fingerprint density at radius 1 is 1.24 bits per heavy atom. The summed E-state index contributed by atoms with van der Waals surface area (Å²) in [6.45, 7) is 2.17. The lowest BCUT2D eigenvalue weighted by atomic mass is 10.0. The van der Waals surface area contributed by atoms with Gasteiger partial charge in [-0.05, 0) is 36.2 Å². The number of hydrogen-bond acceptors (Lipinski definition) is 3. The van der Waals surface area contributed by atoms with Crippen molar-refractivity contribution in [1.29, 1.82) is 5.26 Å². The van der Waals surface area contributed by atoms with Crippen molar-refractivity contribution < 1.29 is 4.74 Å². The number of halogens is 1. The zero-order valence-electron chi connectivity index (χ0n) is 11.8. The Morgan fingerprint density at radius 2 is 2.05 bits per heavy atom. The fraction of sp³-hybridized carbons (Fsp3) is 0.235. The molecule has 0 bridgehead atoms. The molecular weight excluding hydrogens is 284 g/mol. The molecule has 0 amide bonds. The van der Waals surface area contributed by atoms with Gasteiger partial charge in [0.15, 0.2) is 6.61 Å². The number of rotatable bonds is 6. The number of benzene rings is 2. The summed E-state index contributed by atoms with van der Waals surface area (Å²) in [6.07, 6.45) is 0.934. The van der Waals surface area contributed by atoms with Crippen molar-refractivity contribution in [2.75, 3.05) is 11.9 Å². The van der Waals surface area contributed by atoms with Crippen LogP contribution in [0.4, 0.5) is 5.69 Å². The van der Waals surface area contributed by atoms with Crippen molar-refractivity contribution >= 4 is 17.3 Å². The summed E-state index contributed by atoms with van der Waals surface area (Å²) in [5, 5.41) is 12.8. The molecule has 0 aliphatic carbocycles. The lowest BCUT2D eigenvalue weighted by Crippen LogP contribution is -2.09. The highest BCUT2D eigenvalue weighted by Crippen LogP contribution is 2.26.